The van der Waals surface area contributed by atoms with Gasteiger partial charge in [0.1, 0.15) is 5.65 Å². The average molecular weight is 456 g/mol. The van der Waals surface area contributed by atoms with E-state index in [1.165, 1.54) is 11.3 Å². The van der Waals surface area contributed by atoms with Crippen molar-refractivity contribution in [2.75, 3.05) is 15.8 Å². The molecule has 3 heterocycles. The van der Waals surface area contributed by atoms with E-state index in [2.05, 4.69) is 25.0 Å². The third-order valence-corrected chi connectivity index (χ3v) is 6.77. The Hall–Kier alpha value is -3.24. The van der Waals surface area contributed by atoms with Gasteiger partial charge in [0, 0.05) is 34.4 Å². The number of amides is 1. The third kappa shape index (κ3) is 5.09. The van der Waals surface area contributed by atoms with Crippen LogP contribution in [0.3, 0.4) is 0 Å². The van der Waals surface area contributed by atoms with E-state index in [0.29, 0.717) is 22.8 Å². The predicted molar refractivity (Wildman–Crippen MR) is 124 cm³/mol. The van der Waals surface area contributed by atoms with Crippen LogP contribution in [0.1, 0.15) is 18.9 Å². The average Bonchev–Trinajstić information content (AvgIpc) is 3.34. The summed E-state index contributed by atoms with van der Waals surface area (Å²) < 4.78 is 26.4. The molecule has 0 saturated heterocycles. The second kappa shape index (κ2) is 8.86. The second-order valence-electron chi connectivity index (χ2n) is 6.99. The van der Waals surface area contributed by atoms with Gasteiger partial charge in [-0.1, -0.05) is 19.1 Å². The number of benzene rings is 1. The fourth-order valence-corrected chi connectivity index (χ4v) is 5.07. The van der Waals surface area contributed by atoms with Crippen molar-refractivity contribution >= 4 is 49.1 Å². The lowest BCUT2D eigenvalue weighted by Crippen LogP contribution is -2.17. The first-order valence-electron chi connectivity index (χ1n) is 9.71. The van der Waals surface area contributed by atoms with Gasteiger partial charge in [-0.25, -0.2) is 18.4 Å². The van der Waals surface area contributed by atoms with Gasteiger partial charge in [0.05, 0.1) is 17.9 Å². The number of H-pyrrole nitrogens is 1. The number of fused-ring (bicyclic) bond motifs is 1. The van der Waals surface area contributed by atoms with Crippen LogP contribution < -0.4 is 10.0 Å². The summed E-state index contributed by atoms with van der Waals surface area (Å²) in [4.78, 5) is 24.4. The number of aromatic nitrogens is 3. The summed E-state index contributed by atoms with van der Waals surface area (Å²) in [5.74, 6) is -0.175. The lowest BCUT2D eigenvalue weighted by Gasteiger charge is -2.08. The smallest absolute Gasteiger partial charge is 0.232 e. The molecule has 31 heavy (non-hydrogen) atoms. The molecule has 0 aliphatic rings. The molecule has 3 N–H and O–H groups in total. The molecule has 1 aromatic carbocycles. The van der Waals surface area contributed by atoms with Crippen molar-refractivity contribution in [3.8, 4) is 11.3 Å². The SMILES string of the molecule is CCCS(=O)(=O)Nc1cccc(CC(=O)Nc2nc(-c3c[nH]c4ncccc34)cs2)c1. The Morgan fingerprint density at radius 2 is 2.10 bits per heavy atom. The number of anilines is 2. The van der Waals surface area contributed by atoms with Gasteiger partial charge in [0.2, 0.25) is 15.9 Å². The van der Waals surface area contributed by atoms with Crippen LogP contribution in [0.15, 0.2) is 54.2 Å². The molecule has 1 amide bonds. The Bertz CT molecular complexity index is 1330. The Balaban J connectivity index is 1.42. The maximum absolute atomic E-state index is 12.5. The normalized spacial score (nSPS) is 11.5. The zero-order valence-corrected chi connectivity index (χ0v) is 18.4. The van der Waals surface area contributed by atoms with Crippen molar-refractivity contribution in [1.82, 2.24) is 15.0 Å². The van der Waals surface area contributed by atoms with E-state index in [0.717, 1.165) is 22.3 Å². The largest absolute Gasteiger partial charge is 0.345 e. The Kier molecular flexibility index (Phi) is 6.01. The maximum Gasteiger partial charge on any atom is 0.232 e. The van der Waals surface area contributed by atoms with Crippen LogP contribution >= 0.6 is 11.3 Å². The van der Waals surface area contributed by atoms with Crippen LogP contribution in [-0.4, -0.2) is 35.0 Å². The zero-order chi connectivity index (χ0) is 21.8. The molecule has 4 rings (SSSR count). The van der Waals surface area contributed by atoms with Gasteiger partial charge in [-0.05, 0) is 36.2 Å². The molecule has 4 aromatic rings. The summed E-state index contributed by atoms with van der Waals surface area (Å²) in [6.07, 6.45) is 4.21. The predicted octanol–water partition coefficient (Wildman–Crippen LogP) is 4.02. The van der Waals surface area contributed by atoms with E-state index in [-0.39, 0.29) is 18.1 Å². The number of aromatic amines is 1. The van der Waals surface area contributed by atoms with Crippen molar-refractivity contribution in [1.29, 1.82) is 0 Å². The van der Waals surface area contributed by atoms with E-state index >= 15 is 0 Å². The highest BCUT2D eigenvalue weighted by molar-refractivity contribution is 7.92. The molecule has 0 bridgehead atoms. The fraction of sp³-hybridized carbons (Fsp3) is 0.190. The van der Waals surface area contributed by atoms with Gasteiger partial charge >= 0.3 is 0 Å². The molecule has 0 aliphatic heterocycles. The van der Waals surface area contributed by atoms with Crippen molar-refractivity contribution in [2.45, 2.75) is 19.8 Å². The van der Waals surface area contributed by atoms with Crippen molar-refractivity contribution in [3.63, 3.8) is 0 Å². The topological polar surface area (TPSA) is 117 Å². The first-order valence-corrected chi connectivity index (χ1v) is 12.2. The van der Waals surface area contributed by atoms with Crippen LogP contribution in [0.4, 0.5) is 10.8 Å². The molecule has 160 valence electrons. The molecular formula is C21H21N5O3S2. The van der Waals surface area contributed by atoms with E-state index in [1.807, 2.05) is 23.7 Å². The Morgan fingerprint density at radius 3 is 2.94 bits per heavy atom. The van der Waals surface area contributed by atoms with Gasteiger partial charge in [0.25, 0.3) is 0 Å². The monoisotopic (exact) mass is 455 g/mol. The van der Waals surface area contributed by atoms with E-state index in [4.69, 9.17) is 0 Å². The highest BCUT2D eigenvalue weighted by Crippen LogP contribution is 2.30. The highest BCUT2D eigenvalue weighted by Gasteiger charge is 2.13. The minimum Gasteiger partial charge on any atom is -0.345 e. The van der Waals surface area contributed by atoms with E-state index in [1.54, 1.807) is 37.4 Å². The summed E-state index contributed by atoms with van der Waals surface area (Å²) in [5.41, 5.74) is 3.61. The summed E-state index contributed by atoms with van der Waals surface area (Å²) >= 11 is 1.34. The lowest BCUT2D eigenvalue weighted by atomic mass is 10.1. The number of thiazole rings is 1. The molecular weight excluding hydrogens is 434 g/mol. The fourth-order valence-electron chi connectivity index (χ4n) is 3.22. The number of nitrogens with zero attached hydrogens (tertiary/aromatic N) is 2. The van der Waals surface area contributed by atoms with Gasteiger partial charge in [0.15, 0.2) is 5.13 Å². The number of sulfonamides is 1. The van der Waals surface area contributed by atoms with Crippen LogP contribution in [0.5, 0.6) is 0 Å². The number of nitrogens with one attached hydrogen (secondary N) is 3. The Labute approximate surface area is 183 Å². The molecule has 0 fully saturated rings. The lowest BCUT2D eigenvalue weighted by molar-refractivity contribution is -0.115. The molecule has 0 spiro atoms. The summed E-state index contributed by atoms with van der Waals surface area (Å²) in [6.45, 7) is 1.80. The van der Waals surface area contributed by atoms with Crippen molar-refractivity contribution < 1.29 is 13.2 Å². The minimum atomic E-state index is -3.38. The second-order valence-corrected chi connectivity index (χ2v) is 9.69. The molecule has 0 unspecified atom stereocenters. The number of hydrogen-bond acceptors (Lipinski definition) is 6. The van der Waals surface area contributed by atoms with Crippen LogP contribution in [0, 0.1) is 0 Å². The highest BCUT2D eigenvalue weighted by atomic mass is 32.2. The van der Waals surface area contributed by atoms with Crippen LogP contribution in [-0.2, 0) is 21.2 Å². The number of rotatable bonds is 8. The van der Waals surface area contributed by atoms with Gasteiger partial charge in [-0.15, -0.1) is 11.3 Å². The summed E-state index contributed by atoms with van der Waals surface area (Å²) in [6, 6.07) is 10.7. The quantitative estimate of drug-likeness (QED) is 0.371. The number of pyridine rings is 1. The van der Waals surface area contributed by atoms with Gasteiger partial charge < -0.3 is 10.3 Å². The number of carbonyl (C=O) groups excluding carboxylic acids is 1. The van der Waals surface area contributed by atoms with Crippen molar-refractivity contribution in [2.24, 2.45) is 0 Å². The van der Waals surface area contributed by atoms with E-state index < -0.39 is 10.0 Å². The zero-order valence-electron chi connectivity index (χ0n) is 16.8. The number of carbonyl (C=O) groups is 1. The molecule has 0 aliphatic carbocycles. The molecule has 10 heteroatoms. The minimum absolute atomic E-state index is 0.0522. The van der Waals surface area contributed by atoms with Crippen LogP contribution in [0.2, 0.25) is 0 Å². The van der Waals surface area contributed by atoms with Gasteiger partial charge in [-0.2, -0.15) is 0 Å². The van der Waals surface area contributed by atoms with E-state index in [9.17, 15) is 13.2 Å². The first kappa shape index (κ1) is 21.0. The molecule has 8 nitrogen and oxygen atoms in total. The first-order chi connectivity index (χ1) is 14.9. The molecule has 0 saturated carbocycles. The maximum atomic E-state index is 12.5. The van der Waals surface area contributed by atoms with Crippen molar-refractivity contribution in [3.05, 3.63) is 59.7 Å². The van der Waals surface area contributed by atoms with Crippen LogP contribution in [0.25, 0.3) is 22.3 Å². The number of hydrogen-bond donors (Lipinski definition) is 3. The molecule has 3 aromatic heterocycles. The third-order valence-electron chi connectivity index (χ3n) is 4.52. The molecule has 0 radical (unpaired) electrons. The molecule has 0 atom stereocenters. The summed E-state index contributed by atoms with van der Waals surface area (Å²) in [5, 5.41) is 6.16. The Morgan fingerprint density at radius 1 is 1.23 bits per heavy atom. The standard InChI is InChI=1S/C21H21N5O3S2/c1-2-9-31(28,29)26-15-6-3-5-14(10-15)11-19(27)25-21-24-18(13-30-21)17-12-23-20-16(17)7-4-8-22-20/h3-8,10,12-13,26H,2,9,11H2,1H3,(H,22,23)(H,24,25,27). The summed E-state index contributed by atoms with van der Waals surface area (Å²) in [7, 11) is -3.38. The van der Waals surface area contributed by atoms with Gasteiger partial charge in [-0.3, -0.25) is 9.52 Å².